The SMILES string of the molecule is C.COc1cc(C)ccc1F.COc1cc(C)ccn1.COc1cc(C)ncn1.COc1cccc(C)c1.COc1cccc(C)n1.COc1ccnc(C)c1.COc1ccnc(C)n1.COc1cncc(C)c1.Cc1ccc(C)cc1. The Hall–Kier alpha value is -9.25. The molecule has 440 valence electrons. The largest absolute Gasteiger partial charge is 0.497 e. The third kappa shape index (κ3) is 34.6. The Morgan fingerprint density at radius 2 is 0.841 bits per heavy atom. The van der Waals surface area contributed by atoms with Crippen LogP contribution in [-0.4, -0.2) is 96.8 Å². The van der Waals surface area contributed by atoms with Crippen molar-refractivity contribution in [3.63, 3.8) is 0 Å². The smallest absolute Gasteiger partial charge is 0.216 e. The molecule has 0 saturated heterocycles. The third-order valence-corrected chi connectivity index (χ3v) is 10.1. The maximum absolute atomic E-state index is 12.6. The van der Waals surface area contributed by atoms with E-state index >= 15 is 0 Å². The summed E-state index contributed by atoms with van der Waals surface area (Å²) < 4.78 is 51.7. The zero-order valence-electron chi connectivity index (χ0n) is 50.3. The number of ether oxygens (including phenoxy) is 8. The van der Waals surface area contributed by atoms with Crippen LogP contribution in [-0.2, 0) is 0 Å². The molecule has 17 heteroatoms. The molecule has 0 aliphatic heterocycles. The van der Waals surface area contributed by atoms with E-state index in [-0.39, 0.29) is 13.2 Å². The molecule has 0 bridgehead atoms. The van der Waals surface area contributed by atoms with Gasteiger partial charge in [0.2, 0.25) is 23.5 Å². The molecular formula is C65H85FN8O8. The molecule has 0 amide bonds. The minimum atomic E-state index is -0.312. The van der Waals surface area contributed by atoms with Gasteiger partial charge in [0.15, 0.2) is 11.6 Å². The van der Waals surface area contributed by atoms with E-state index in [2.05, 4.69) is 78.0 Å². The first-order chi connectivity index (χ1) is 38.8. The first kappa shape index (κ1) is 72.8. The molecule has 6 aromatic heterocycles. The van der Waals surface area contributed by atoms with Gasteiger partial charge in [-0.25, -0.2) is 29.3 Å². The van der Waals surface area contributed by atoms with Gasteiger partial charge in [-0.05, 0) is 140 Å². The van der Waals surface area contributed by atoms with Gasteiger partial charge in [-0.3, -0.25) is 9.97 Å². The van der Waals surface area contributed by atoms with Crippen LogP contribution in [0, 0.1) is 75.1 Å². The van der Waals surface area contributed by atoms with Crippen molar-refractivity contribution in [3.05, 3.63) is 227 Å². The van der Waals surface area contributed by atoms with E-state index in [1.807, 2.05) is 128 Å². The van der Waals surface area contributed by atoms with Crippen molar-refractivity contribution in [2.45, 2.75) is 76.7 Å². The van der Waals surface area contributed by atoms with E-state index in [4.69, 9.17) is 37.9 Å². The van der Waals surface area contributed by atoms with Crippen molar-refractivity contribution < 1.29 is 42.3 Å². The molecule has 0 radical (unpaired) electrons. The third-order valence-electron chi connectivity index (χ3n) is 10.1. The molecule has 0 spiro atoms. The van der Waals surface area contributed by atoms with Gasteiger partial charge in [-0.1, -0.05) is 67.1 Å². The minimum Gasteiger partial charge on any atom is -0.497 e. The van der Waals surface area contributed by atoms with Crippen molar-refractivity contribution in [1.82, 2.24) is 39.9 Å². The monoisotopic (exact) mass is 1120 g/mol. The lowest BCUT2D eigenvalue weighted by Gasteiger charge is -2.00. The van der Waals surface area contributed by atoms with E-state index in [0.29, 0.717) is 29.3 Å². The normalized spacial score (nSPS) is 9.06. The fraction of sp³-hybridized carbons (Fsp3) is 0.292. The average Bonchev–Trinajstić information content (AvgIpc) is 3.48. The summed E-state index contributed by atoms with van der Waals surface area (Å²) in [6, 6.07) is 39.9. The molecule has 6 heterocycles. The van der Waals surface area contributed by atoms with Gasteiger partial charge < -0.3 is 37.9 Å². The predicted octanol–water partition coefficient (Wildman–Crippen LogP) is 14.3. The lowest BCUT2D eigenvalue weighted by Crippen LogP contribution is -1.90. The second-order valence-corrected chi connectivity index (χ2v) is 17.1. The first-order valence-corrected chi connectivity index (χ1v) is 25.3. The highest BCUT2D eigenvalue weighted by atomic mass is 19.1. The van der Waals surface area contributed by atoms with Gasteiger partial charge in [0.05, 0.1) is 63.1 Å². The molecule has 16 nitrogen and oxygen atoms in total. The second-order valence-electron chi connectivity index (χ2n) is 17.1. The molecule has 0 unspecified atom stereocenters. The maximum Gasteiger partial charge on any atom is 0.216 e. The minimum absolute atomic E-state index is 0. The van der Waals surface area contributed by atoms with E-state index < -0.39 is 0 Å². The highest BCUT2D eigenvalue weighted by Crippen LogP contribution is 2.17. The van der Waals surface area contributed by atoms with Crippen molar-refractivity contribution in [3.8, 4) is 46.5 Å². The van der Waals surface area contributed by atoms with E-state index in [9.17, 15) is 4.39 Å². The van der Waals surface area contributed by atoms with Gasteiger partial charge in [0, 0.05) is 72.2 Å². The Morgan fingerprint density at radius 1 is 0.329 bits per heavy atom. The van der Waals surface area contributed by atoms with Crippen LogP contribution in [0.5, 0.6) is 46.5 Å². The van der Waals surface area contributed by atoms with Crippen LogP contribution in [0.15, 0.2) is 165 Å². The average molecular weight is 1130 g/mol. The predicted molar refractivity (Wildman–Crippen MR) is 327 cm³/mol. The first-order valence-electron chi connectivity index (χ1n) is 25.3. The van der Waals surface area contributed by atoms with Crippen LogP contribution in [0.3, 0.4) is 0 Å². The molecular weight excluding hydrogens is 1040 g/mol. The van der Waals surface area contributed by atoms with Crippen molar-refractivity contribution in [1.29, 1.82) is 0 Å². The molecule has 9 aromatic rings. The zero-order chi connectivity index (χ0) is 60.4. The van der Waals surface area contributed by atoms with E-state index in [1.54, 1.807) is 105 Å². The number of benzene rings is 3. The quantitative estimate of drug-likeness (QED) is 0.140. The van der Waals surface area contributed by atoms with Crippen LogP contribution >= 0.6 is 0 Å². The Kier molecular flexibility index (Phi) is 38.7. The summed E-state index contributed by atoms with van der Waals surface area (Å²) in [4.78, 5) is 31.5. The molecule has 0 saturated carbocycles. The van der Waals surface area contributed by atoms with Gasteiger partial charge in [-0.15, -0.1) is 0 Å². The van der Waals surface area contributed by atoms with Gasteiger partial charge in [0.25, 0.3) is 0 Å². The van der Waals surface area contributed by atoms with Crippen molar-refractivity contribution >= 4 is 0 Å². The molecule has 0 atom stereocenters. The molecule has 82 heavy (non-hydrogen) atoms. The molecule has 9 rings (SSSR count). The summed E-state index contributed by atoms with van der Waals surface area (Å²) in [5, 5.41) is 0. The Bertz CT molecular complexity index is 2630. The summed E-state index contributed by atoms with van der Waals surface area (Å²) in [6.45, 7) is 19.7. The summed E-state index contributed by atoms with van der Waals surface area (Å²) in [5.41, 5.74) is 10.1. The summed E-state index contributed by atoms with van der Waals surface area (Å²) >= 11 is 0. The van der Waals surface area contributed by atoms with Crippen molar-refractivity contribution in [2.24, 2.45) is 0 Å². The highest BCUT2D eigenvalue weighted by Gasteiger charge is 1.99. The Labute approximate surface area is 487 Å². The number of pyridine rings is 4. The number of rotatable bonds is 8. The molecule has 3 aromatic carbocycles. The van der Waals surface area contributed by atoms with Gasteiger partial charge in [-0.2, -0.15) is 4.98 Å². The van der Waals surface area contributed by atoms with Gasteiger partial charge in [0.1, 0.15) is 29.4 Å². The number of hydrogen-bond donors (Lipinski definition) is 0. The lowest BCUT2D eigenvalue weighted by molar-refractivity contribution is 0.386. The molecule has 0 fully saturated rings. The van der Waals surface area contributed by atoms with E-state index in [0.717, 1.165) is 51.3 Å². The van der Waals surface area contributed by atoms with Gasteiger partial charge >= 0.3 is 0 Å². The summed E-state index contributed by atoms with van der Waals surface area (Å²) in [7, 11) is 12.8. The van der Waals surface area contributed by atoms with E-state index in [1.165, 1.54) is 41.8 Å². The fourth-order valence-corrected chi connectivity index (χ4v) is 5.77. The second kappa shape index (κ2) is 43.6. The summed E-state index contributed by atoms with van der Waals surface area (Å²) in [6.07, 6.45) is 10.1. The van der Waals surface area contributed by atoms with Crippen LogP contribution in [0.2, 0.25) is 0 Å². The Morgan fingerprint density at radius 3 is 1.27 bits per heavy atom. The summed E-state index contributed by atoms with van der Waals surface area (Å²) in [5.74, 6) is 5.91. The molecule has 0 aliphatic rings. The zero-order valence-corrected chi connectivity index (χ0v) is 50.3. The standard InChI is InChI=1S/C8H9FO.C8H10O.C8H10.4C7H9NO.2C6H8N2O.CH4/c1-6-3-4-7(9)8(5-6)10-2;1-7-4-3-5-8(6-7)9-2;1-7-3-5-8(2)6-4-7;1-6-3-7(9-2)5-8-4-6;1-6-5-7(9-2)3-4-8-6;1-6-3-4-8-7(5-6)9-2;1-6-4-3-5-7(8-6)9-2;1-5-3-6(9-2)8-4-7-5;1-5-7-4-3-6(8-5)9-2;/h3-5H,1-2H3;3-6H,1-2H3;3-6H,1-2H3;4*3-5H,1-2H3;2*3-4H,1-2H3;1H4. The maximum atomic E-state index is 12.6. The number of hydrogen-bond acceptors (Lipinski definition) is 16. The fourth-order valence-electron chi connectivity index (χ4n) is 5.77. The number of aromatic nitrogens is 8. The van der Waals surface area contributed by atoms with Crippen LogP contribution in [0.25, 0.3) is 0 Å². The molecule has 0 N–H and O–H groups in total. The number of halogens is 1. The van der Waals surface area contributed by atoms with Crippen LogP contribution in [0.4, 0.5) is 4.39 Å². The highest BCUT2D eigenvalue weighted by molar-refractivity contribution is 5.30. The number of methoxy groups -OCH3 is 8. The van der Waals surface area contributed by atoms with Crippen LogP contribution in [0.1, 0.15) is 63.7 Å². The number of nitrogens with zero attached hydrogens (tertiary/aromatic N) is 8. The lowest BCUT2D eigenvalue weighted by atomic mass is 10.2. The van der Waals surface area contributed by atoms with Crippen molar-refractivity contribution in [2.75, 3.05) is 56.9 Å². The topological polar surface area (TPSA) is 177 Å². The Balaban J connectivity index is 0.000000899. The van der Waals surface area contributed by atoms with Crippen LogP contribution < -0.4 is 37.9 Å². The number of aryl methyl sites for hydroxylation is 10. The molecule has 0 aliphatic carbocycles.